The van der Waals surface area contributed by atoms with Crippen LogP contribution in [0.25, 0.3) is 0 Å². The van der Waals surface area contributed by atoms with E-state index in [0.717, 1.165) is 28.1 Å². The highest BCUT2D eigenvalue weighted by atomic mass is 79.9. The lowest BCUT2D eigenvalue weighted by Crippen LogP contribution is -2.32. The fourth-order valence-electron chi connectivity index (χ4n) is 2.45. The van der Waals surface area contributed by atoms with Crippen molar-refractivity contribution in [2.75, 3.05) is 5.01 Å². The number of thiazole rings is 1. The first-order chi connectivity index (χ1) is 11.2. The van der Waals surface area contributed by atoms with Gasteiger partial charge in [0.25, 0.3) is 0 Å². The Balaban J connectivity index is 1.59. The standard InChI is InChI=1S/C15H13BrN6S/c1-10-14(23-9-19-10)8-21-4-2-3-12-13(21)7-20-22(12)15-17-5-11(16)6-18-15/h2-7,9,20H,8H2,1H3. The first kappa shape index (κ1) is 14.4. The summed E-state index contributed by atoms with van der Waals surface area (Å²) in [7, 11) is 0. The van der Waals surface area contributed by atoms with Crippen LogP contribution in [0.1, 0.15) is 10.6 Å². The van der Waals surface area contributed by atoms with Crippen molar-refractivity contribution in [1.29, 1.82) is 0 Å². The number of halogens is 1. The predicted octanol–water partition coefficient (Wildman–Crippen LogP) is 3.08. The van der Waals surface area contributed by atoms with Crippen LogP contribution in [0.4, 0.5) is 5.95 Å². The Bertz CT molecular complexity index is 823. The second-order valence-electron chi connectivity index (χ2n) is 5.08. The van der Waals surface area contributed by atoms with Crippen molar-refractivity contribution in [3.63, 3.8) is 0 Å². The molecule has 116 valence electrons. The summed E-state index contributed by atoms with van der Waals surface area (Å²) in [6, 6.07) is 0. The molecule has 4 heterocycles. The minimum absolute atomic E-state index is 0.606. The molecule has 0 saturated carbocycles. The average molecular weight is 389 g/mol. The number of aryl methyl sites for hydroxylation is 1. The van der Waals surface area contributed by atoms with Crippen molar-refractivity contribution in [2.45, 2.75) is 13.5 Å². The zero-order chi connectivity index (χ0) is 15.8. The Morgan fingerprint density at radius 2 is 2.04 bits per heavy atom. The topological polar surface area (TPSA) is 57.2 Å². The summed E-state index contributed by atoms with van der Waals surface area (Å²) in [6.07, 6.45) is 11.6. The van der Waals surface area contributed by atoms with Crippen molar-refractivity contribution in [3.8, 4) is 0 Å². The number of aromatic nitrogens is 3. The zero-order valence-corrected chi connectivity index (χ0v) is 14.7. The number of hydrazine groups is 1. The largest absolute Gasteiger partial charge is 0.340 e. The Morgan fingerprint density at radius 1 is 1.22 bits per heavy atom. The number of nitrogens with one attached hydrogen (secondary N) is 1. The Morgan fingerprint density at radius 3 is 2.78 bits per heavy atom. The van der Waals surface area contributed by atoms with Gasteiger partial charge in [-0.3, -0.25) is 5.43 Å². The molecule has 0 unspecified atom stereocenters. The lowest BCUT2D eigenvalue weighted by molar-refractivity contribution is 0.467. The number of allylic oxidation sites excluding steroid dienone is 2. The van der Waals surface area contributed by atoms with Crippen LogP contribution in [0, 0.1) is 6.92 Å². The first-order valence-electron chi connectivity index (χ1n) is 7.01. The highest BCUT2D eigenvalue weighted by Crippen LogP contribution is 2.31. The van der Waals surface area contributed by atoms with Crippen LogP contribution in [0.15, 0.2) is 58.3 Å². The van der Waals surface area contributed by atoms with Crippen LogP contribution in [-0.4, -0.2) is 19.9 Å². The summed E-state index contributed by atoms with van der Waals surface area (Å²) in [5, 5.41) is 1.87. The zero-order valence-electron chi connectivity index (χ0n) is 12.3. The van der Waals surface area contributed by atoms with Crippen molar-refractivity contribution < 1.29 is 0 Å². The molecular weight excluding hydrogens is 376 g/mol. The molecule has 0 atom stereocenters. The van der Waals surface area contributed by atoms with E-state index in [1.54, 1.807) is 23.7 Å². The van der Waals surface area contributed by atoms with Crippen LogP contribution < -0.4 is 10.4 Å². The van der Waals surface area contributed by atoms with Gasteiger partial charge in [-0.25, -0.2) is 20.0 Å². The molecule has 2 aliphatic heterocycles. The minimum atomic E-state index is 0.606. The first-order valence-corrected chi connectivity index (χ1v) is 8.68. The maximum Gasteiger partial charge on any atom is 0.249 e. The molecule has 2 aromatic rings. The number of fused-ring (bicyclic) bond motifs is 1. The molecular formula is C15H13BrN6S. The SMILES string of the molecule is Cc1ncsc1CN1C=CC=C2C1=CNN2c1ncc(Br)cn1. The molecule has 0 amide bonds. The molecule has 2 aliphatic rings. The van der Waals surface area contributed by atoms with E-state index in [4.69, 9.17) is 0 Å². The molecule has 0 bridgehead atoms. The third-order valence-electron chi connectivity index (χ3n) is 3.63. The summed E-state index contributed by atoms with van der Waals surface area (Å²) in [5.74, 6) is 0.606. The summed E-state index contributed by atoms with van der Waals surface area (Å²) < 4.78 is 0.855. The number of hydrogen-bond acceptors (Lipinski definition) is 7. The van der Waals surface area contributed by atoms with Gasteiger partial charge in [0, 0.05) is 29.7 Å². The fraction of sp³-hybridized carbons (Fsp3) is 0.133. The molecule has 0 aromatic carbocycles. The number of hydrogen-bond donors (Lipinski definition) is 1. The molecule has 0 saturated heterocycles. The van der Waals surface area contributed by atoms with Crippen LogP contribution in [0.3, 0.4) is 0 Å². The molecule has 0 spiro atoms. The van der Waals surface area contributed by atoms with Crippen LogP contribution in [0.5, 0.6) is 0 Å². The monoisotopic (exact) mass is 388 g/mol. The second kappa shape index (κ2) is 5.78. The van der Waals surface area contributed by atoms with E-state index >= 15 is 0 Å². The van der Waals surface area contributed by atoms with E-state index in [1.165, 1.54) is 4.88 Å². The van der Waals surface area contributed by atoms with Gasteiger partial charge in [0.15, 0.2) is 0 Å². The summed E-state index contributed by atoms with van der Waals surface area (Å²) >= 11 is 5.04. The van der Waals surface area contributed by atoms with Crippen LogP contribution in [-0.2, 0) is 6.54 Å². The van der Waals surface area contributed by atoms with Crippen molar-refractivity contribution in [3.05, 3.63) is 68.9 Å². The molecule has 23 heavy (non-hydrogen) atoms. The normalized spacial score (nSPS) is 16.1. The van der Waals surface area contributed by atoms with Gasteiger partial charge < -0.3 is 4.90 Å². The summed E-state index contributed by atoms with van der Waals surface area (Å²) in [4.78, 5) is 16.5. The summed E-state index contributed by atoms with van der Waals surface area (Å²) in [6.45, 7) is 2.84. The van der Waals surface area contributed by atoms with Gasteiger partial charge in [-0.1, -0.05) is 0 Å². The van der Waals surface area contributed by atoms with Crippen molar-refractivity contribution in [2.24, 2.45) is 0 Å². The number of anilines is 1. The molecule has 6 nitrogen and oxygen atoms in total. The highest BCUT2D eigenvalue weighted by Gasteiger charge is 2.28. The van der Waals surface area contributed by atoms with Crippen LogP contribution >= 0.6 is 27.3 Å². The van der Waals surface area contributed by atoms with E-state index in [-0.39, 0.29) is 0 Å². The van der Waals surface area contributed by atoms with Gasteiger partial charge in [0.05, 0.1) is 33.6 Å². The molecule has 0 fully saturated rings. The fourth-order valence-corrected chi connectivity index (χ4v) is 3.43. The third kappa shape index (κ3) is 2.64. The molecule has 4 rings (SSSR count). The van der Waals surface area contributed by atoms with Gasteiger partial charge in [0.1, 0.15) is 0 Å². The predicted molar refractivity (Wildman–Crippen MR) is 93.0 cm³/mol. The van der Waals surface area contributed by atoms with E-state index in [0.29, 0.717) is 5.95 Å². The quantitative estimate of drug-likeness (QED) is 0.871. The van der Waals surface area contributed by atoms with E-state index in [2.05, 4.69) is 47.4 Å². The van der Waals surface area contributed by atoms with Gasteiger partial charge >= 0.3 is 0 Å². The highest BCUT2D eigenvalue weighted by molar-refractivity contribution is 9.10. The Kier molecular flexibility index (Phi) is 3.62. The maximum absolute atomic E-state index is 4.35. The van der Waals surface area contributed by atoms with Crippen molar-refractivity contribution >= 4 is 33.2 Å². The molecule has 0 aliphatic carbocycles. The Labute approximate surface area is 146 Å². The minimum Gasteiger partial charge on any atom is -0.340 e. The van der Waals surface area contributed by atoms with Gasteiger partial charge in [0.2, 0.25) is 5.95 Å². The van der Waals surface area contributed by atoms with E-state index < -0.39 is 0 Å². The van der Waals surface area contributed by atoms with Crippen LogP contribution in [0.2, 0.25) is 0 Å². The number of rotatable bonds is 3. The van der Waals surface area contributed by atoms with E-state index in [1.807, 2.05) is 35.8 Å². The van der Waals surface area contributed by atoms with Gasteiger partial charge in [-0.2, -0.15) is 0 Å². The molecule has 8 heteroatoms. The number of nitrogens with zero attached hydrogens (tertiary/aromatic N) is 5. The molecule has 1 N–H and O–H groups in total. The molecule has 0 radical (unpaired) electrons. The lowest BCUT2D eigenvalue weighted by Gasteiger charge is -2.27. The second-order valence-corrected chi connectivity index (χ2v) is 6.93. The van der Waals surface area contributed by atoms with E-state index in [9.17, 15) is 0 Å². The lowest BCUT2D eigenvalue weighted by atomic mass is 10.2. The average Bonchev–Trinajstić information content (AvgIpc) is 3.16. The van der Waals surface area contributed by atoms with Gasteiger partial charge in [-0.15, -0.1) is 11.3 Å². The smallest absolute Gasteiger partial charge is 0.249 e. The van der Waals surface area contributed by atoms with Crippen molar-refractivity contribution in [1.82, 2.24) is 25.3 Å². The third-order valence-corrected chi connectivity index (χ3v) is 4.96. The molecule has 2 aromatic heterocycles. The Hall–Kier alpha value is -2.19. The summed E-state index contributed by atoms with van der Waals surface area (Å²) in [5.41, 5.74) is 8.31. The maximum atomic E-state index is 4.35. The van der Waals surface area contributed by atoms with Gasteiger partial charge in [-0.05, 0) is 35.0 Å².